The van der Waals surface area contributed by atoms with Crippen LogP contribution < -0.4 is 10.6 Å². The highest BCUT2D eigenvalue weighted by Gasteiger charge is 2.21. The second-order valence-corrected chi connectivity index (χ2v) is 6.66. The zero-order valence-electron chi connectivity index (χ0n) is 15.9. The van der Waals surface area contributed by atoms with Gasteiger partial charge in [0.1, 0.15) is 5.82 Å². The maximum absolute atomic E-state index is 3.26. The first kappa shape index (κ1) is 20.1. The predicted octanol–water partition coefficient (Wildman–Crippen LogP) is 0.115. The molecule has 0 unspecified atom stereocenters. The Morgan fingerprint density at radius 1 is 1.00 bits per heavy atom. The summed E-state index contributed by atoms with van der Waals surface area (Å²) in [4.78, 5) is 9.72. The minimum atomic E-state index is 1.07. The maximum Gasteiger partial charge on any atom is 0.120 e. The Morgan fingerprint density at radius 2 is 1.70 bits per heavy atom. The Balaban J connectivity index is 2.73. The second kappa shape index (κ2) is 11.5. The summed E-state index contributed by atoms with van der Waals surface area (Å²) in [5.74, 6) is 1.40. The van der Waals surface area contributed by atoms with Gasteiger partial charge in [-0.15, -0.1) is 0 Å². The topological polar surface area (TPSA) is 37.0 Å². The van der Waals surface area contributed by atoms with Crippen LogP contribution in [0, 0.1) is 0 Å². The monoisotopic (exact) mass is 326 g/mol. The van der Waals surface area contributed by atoms with Crippen LogP contribution in [-0.4, -0.2) is 107 Å². The fraction of sp³-hybridized carbons (Fsp3) is 0.882. The molecule has 0 amide bonds. The zero-order valence-corrected chi connectivity index (χ0v) is 15.9. The van der Waals surface area contributed by atoms with E-state index in [4.69, 9.17) is 0 Å². The first-order chi connectivity index (χ1) is 11.1. The SMILES string of the molecule is CNCCCN(CCN(C)C)C1=CN(C)CCN1CCCNC. The smallest absolute Gasteiger partial charge is 0.120 e. The van der Waals surface area contributed by atoms with Crippen molar-refractivity contribution in [1.29, 1.82) is 0 Å². The molecule has 1 heterocycles. The van der Waals surface area contributed by atoms with Gasteiger partial charge in [0.05, 0.1) is 0 Å². The number of likely N-dealkylation sites (N-methyl/N-ethyl adjacent to an activating group) is 2. The van der Waals surface area contributed by atoms with Gasteiger partial charge in [-0.2, -0.15) is 0 Å². The normalized spacial score (nSPS) is 15.3. The largest absolute Gasteiger partial charge is 0.376 e. The molecule has 6 nitrogen and oxygen atoms in total. The van der Waals surface area contributed by atoms with Gasteiger partial charge in [0.15, 0.2) is 0 Å². The third kappa shape index (κ3) is 7.90. The minimum Gasteiger partial charge on any atom is -0.376 e. The van der Waals surface area contributed by atoms with Gasteiger partial charge >= 0.3 is 0 Å². The third-order valence-electron chi connectivity index (χ3n) is 4.23. The Hall–Kier alpha value is -0.980. The molecule has 0 fully saturated rings. The highest BCUT2D eigenvalue weighted by molar-refractivity contribution is 5.04. The van der Waals surface area contributed by atoms with Crippen LogP contribution in [0.25, 0.3) is 0 Å². The van der Waals surface area contributed by atoms with E-state index in [9.17, 15) is 0 Å². The number of nitrogens with one attached hydrogen (secondary N) is 2. The van der Waals surface area contributed by atoms with Crippen LogP contribution >= 0.6 is 0 Å². The Morgan fingerprint density at radius 3 is 2.35 bits per heavy atom. The first-order valence-corrected chi connectivity index (χ1v) is 8.94. The van der Waals surface area contributed by atoms with Crippen LogP contribution in [0.15, 0.2) is 12.0 Å². The summed E-state index contributed by atoms with van der Waals surface area (Å²) in [5.41, 5.74) is 0. The molecule has 23 heavy (non-hydrogen) atoms. The van der Waals surface area contributed by atoms with Crippen LogP contribution in [0.2, 0.25) is 0 Å². The number of nitrogens with zero attached hydrogens (tertiary/aromatic N) is 4. The van der Waals surface area contributed by atoms with E-state index >= 15 is 0 Å². The summed E-state index contributed by atoms with van der Waals surface area (Å²) in [6.07, 6.45) is 4.70. The molecule has 0 aromatic heterocycles. The van der Waals surface area contributed by atoms with E-state index in [1.807, 2.05) is 14.1 Å². The van der Waals surface area contributed by atoms with Crippen LogP contribution in [0.1, 0.15) is 12.8 Å². The summed E-state index contributed by atoms with van der Waals surface area (Å²) in [7, 11) is 10.5. The summed E-state index contributed by atoms with van der Waals surface area (Å²) < 4.78 is 0. The lowest BCUT2D eigenvalue weighted by atomic mass is 10.2. The molecule has 1 aliphatic rings. The number of rotatable bonds is 12. The summed E-state index contributed by atoms with van der Waals surface area (Å²) in [6.45, 7) is 8.79. The van der Waals surface area contributed by atoms with E-state index in [1.165, 1.54) is 18.7 Å². The highest BCUT2D eigenvalue weighted by atomic mass is 15.4. The molecule has 0 aromatic rings. The molecule has 0 saturated carbocycles. The van der Waals surface area contributed by atoms with E-state index in [0.29, 0.717) is 0 Å². The summed E-state index contributed by atoms with van der Waals surface area (Å²) >= 11 is 0. The van der Waals surface area contributed by atoms with Crippen molar-refractivity contribution in [2.24, 2.45) is 0 Å². The van der Waals surface area contributed by atoms with Crippen molar-refractivity contribution in [2.45, 2.75) is 12.8 Å². The fourth-order valence-corrected chi connectivity index (χ4v) is 2.80. The molecule has 0 aromatic carbocycles. The van der Waals surface area contributed by atoms with Crippen molar-refractivity contribution >= 4 is 0 Å². The van der Waals surface area contributed by atoms with E-state index in [2.05, 4.69) is 57.6 Å². The Kier molecular flexibility index (Phi) is 10.1. The first-order valence-electron chi connectivity index (χ1n) is 8.94. The van der Waals surface area contributed by atoms with E-state index in [-0.39, 0.29) is 0 Å². The van der Waals surface area contributed by atoms with Gasteiger partial charge in [0.25, 0.3) is 0 Å². The molecule has 0 saturated heterocycles. The molecule has 0 aliphatic carbocycles. The molecule has 2 N–H and O–H groups in total. The van der Waals surface area contributed by atoms with Crippen molar-refractivity contribution in [3.8, 4) is 0 Å². The Bertz CT molecular complexity index is 331. The van der Waals surface area contributed by atoms with E-state index in [0.717, 1.165) is 52.4 Å². The lowest BCUT2D eigenvalue weighted by Gasteiger charge is -2.41. The standard InChI is InChI=1S/C17H38N6/c1-18-8-6-10-22(14-12-20(3)4)17-16-21(5)13-15-23(17)11-7-9-19-2/h16,18-19H,6-15H2,1-5H3. The van der Waals surface area contributed by atoms with Gasteiger partial charge < -0.3 is 30.2 Å². The van der Waals surface area contributed by atoms with Crippen LogP contribution in [-0.2, 0) is 0 Å². The average Bonchev–Trinajstić information content (AvgIpc) is 2.52. The van der Waals surface area contributed by atoms with Crippen LogP contribution in [0.5, 0.6) is 0 Å². The molecule has 0 radical (unpaired) electrons. The average molecular weight is 327 g/mol. The quantitative estimate of drug-likeness (QED) is 0.496. The predicted molar refractivity (Wildman–Crippen MR) is 99.5 cm³/mol. The lowest BCUT2D eigenvalue weighted by Crippen LogP contribution is -2.46. The van der Waals surface area contributed by atoms with Crippen molar-refractivity contribution in [3.63, 3.8) is 0 Å². The Labute approximate surface area is 143 Å². The third-order valence-corrected chi connectivity index (χ3v) is 4.23. The fourth-order valence-electron chi connectivity index (χ4n) is 2.80. The summed E-state index contributed by atoms with van der Waals surface area (Å²) in [5, 5.41) is 6.52. The summed E-state index contributed by atoms with van der Waals surface area (Å²) in [6, 6.07) is 0. The van der Waals surface area contributed by atoms with Gasteiger partial charge in [-0.1, -0.05) is 0 Å². The molecule has 0 bridgehead atoms. The van der Waals surface area contributed by atoms with Gasteiger partial charge in [-0.05, 0) is 54.1 Å². The molecular formula is C17H38N6. The van der Waals surface area contributed by atoms with Crippen molar-refractivity contribution in [1.82, 2.24) is 30.2 Å². The van der Waals surface area contributed by atoms with Crippen molar-refractivity contribution in [2.75, 3.05) is 87.6 Å². The van der Waals surface area contributed by atoms with Gasteiger partial charge in [0.2, 0.25) is 0 Å². The highest BCUT2D eigenvalue weighted by Crippen LogP contribution is 2.17. The van der Waals surface area contributed by atoms with Gasteiger partial charge in [-0.25, -0.2) is 0 Å². The number of hydrogen-bond donors (Lipinski definition) is 2. The molecule has 0 spiro atoms. The van der Waals surface area contributed by atoms with Crippen LogP contribution in [0.3, 0.4) is 0 Å². The molecule has 6 heteroatoms. The van der Waals surface area contributed by atoms with Crippen molar-refractivity contribution < 1.29 is 0 Å². The maximum atomic E-state index is 3.26. The lowest BCUT2D eigenvalue weighted by molar-refractivity contribution is 0.157. The van der Waals surface area contributed by atoms with Crippen molar-refractivity contribution in [3.05, 3.63) is 12.0 Å². The van der Waals surface area contributed by atoms with E-state index in [1.54, 1.807) is 0 Å². The van der Waals surface area contributed by atoms with E-state index < -0.39 is 0 Å². The minimum absolute atomic E-state index is 1.07. The molecular weight excluding hydrogens is 288 g/mol. The van der Waals surface area contributed by atoms with Crippen LogP contribution in [0.4, 0.5) is 0 Å². The zero-order chi connectivity index (χ0) is 17.1. The molecule has 136 valence electrons. The van der Waals surface area contributed by atoms with Gasteiger partial charge in [-0.3, -0.25) is 0 Å². The molecule has 1 aliphatic heterocycles. The molecule has 1 rings (SSSR count). The second-order valence-electron chi connectivity index (χ2n) is 6.66. The van der Waals surface area contributed by atoms with Gasteiger partial charge in [0, 0.05) is 52.5 Å². The molecule has 0 atom stereocenters. The number of hydrogen-bond acceptors (Lipinski definition) is 6.